The predicted molar refractivity (Wildman–Crippen MR) is 126 cm³/mol. The molecule has 0 spiro atoms. The minimum atomic E-state index is -4.97. The molecule has 14 heteroatoms. The SMILES string of the molecule is C[C@@H]1CN(C(=O)[C@@]2(N)CCN(c3ccc(F)c(C(F)(F)F)c3Cn3cnc4c(N)ncnc43)C2)CCO1. The molecule has 0 radical (unpaired) electrons. The van der Waals surface area contributed by atoms with Crippen molar-refractivity contribution in [3.8, 4) is 0 Å². The molecule has 0 aliphatic carbocycles. The van der Waals surface area contributed by atoms with Crippen LogP contribution in [0.15, 0.2) is 24.8 Å². The third-order valence-electron chi connectivity index (χ3n) is 6.87. The van der Waals surface area contributed by atoms with Gasteiger partial charge in [0.15, 0.2) is 11.5 Å². The molecule has 2 aliphatic rings. The summed E-state index contributed by atoms with van der Waals surface area (Å²) in [6, 6.07) is 2.07. The number of hydrogen-bond donors (Lipinski definition) is 2. The summed E-state index contributed by atoms with van der Waals surface area (Å²) in [4.78, 5) is 28.5. The molecule has 5 rings (SSSR count). The summed E-state index contributed by atoms with van der Waals surface area (Å²) in [5.41, 5.74) is 9.89. The zero-order chi connectivity index (χ0) is 26.5. The van der Waals surface area contributed by atoms with Crippen molar-refractivity contribution in [3.63, 3.8) is 0 Å². The second kappa shape index (κ2) is 9.10. The maximum atomic E-state index is 14.7. The lowest BCUT2D eigenvalue weighted by atomic mass is 9.97. The van der Waals surface area contributed by atoms with Crippen molar-refractivity contribution in [1.29, 1.82) is 0 Å². The highest BCUT2D eigenvalue weighted by molar-refractivity contribution is 5.88. The van der Waals surface area contributed by atoms with Crippen LogP contribution in [0.5, 0.6) is 0 Å². The van der Waals surface area contributed by atoms with Crippen molar-refractivity contribution < 1.29 is 27.1 Å². The van der Waals surface area contributed by atoms with E-state index in [1.165, 1.54) is 23.3 Å². The first-order valence-corrected chi connectivity index (χ1v) is 11.7. The van der Waals surface area contributed by atoms with Gasteiger partial charge >= 0.3 is 6.18 Å². The molecule has 198 valence electrons. The van der Waals surface area contributed by atoms with E-state index >= 15 is 0 Å². The molecule has 0 unspecified atom stereocenters. The Hall–Kier alpha value is -3.52. The molecule has 0 bridgehead atoms. The summed E-state index contributed by atoms with van der Waals surface area (Å²) < 4.78 is 63.9. The monoisotopic (exact) mass is 522 g/mol. The van der Waals surface area contributed by atoms with Crippen LogP contribution < -0.4 is 16.4 Å². The molecule has 37 heavy (non-hydrogen) atoms. The van der Waals surface area contributed by atoms with Crippen molar-refractivity contribution in [2.24, 2.45) is 5.73 Å². The van der Waals surface area contributed by atoms with Gasteiger partial charge in [0.25, 0.3) is 0 Å². The Labute approximate surface area is 209 Å². The Morgan fingerprint density at radius 3 is 2.76 bits per heavy atom. The number of imidazole rings is 1. The Morgan fingerprint density at radius 2 is 2.03 bits per heavy atom. The third kappa shape index (κ3) is 4.55. The van der Waals surface area contributed by atoms with E-state index in [1.54, 1.807) is 9.80 Å². The lowest BCUT2D eigenvalue weighted by Crippen LogP contribution is -2.59. The molecule has 2 aliphatic heterocycles. The fourth-order valence-electron chi connectivity index (χ4n) is 5.09. The third-order valence-corrected chi connectivity index (χ3v) is 6.87. The summed E-state index contributed by atoms with van der Waals surface area (Å²) in [6.07, 6.45) is -2.43. The number of aromatic nitrogens is 4. The van der Waals surface area contributed by atoms with Gasteiger partial charge in [-0.3, -0.25) is 4.79 Å². The lowest BCUT2D eigenvalue weighted by molar-refractivity contribution is -0.143. The molecule has 2 fully saturated rings. The van der Waals surface area contributed by atoms with E-state index in [1.807, 2.05) is 6.92 Å². The van der Waals surface area contributed by atoms with Crippen LogP contribution in [0.4, 0.5) is 29.1 Å². The summed E-state index contributed by atoms with van der Waals surface area (Å²) >= 11 is 0. The summed E-state index contributed by atoms with van der Waals surface area (Å²) in [6.45, 7) is 2.82. The number of carbonyl (C=O) groups is 1. The number of fused-ring (bicyclic) bond motifs is 1. The van der Waals surface area contributed by atoms with Crippen molar-refractivity contribution in [1.82, 2.24) is 24.4 Å². The van der Waals surface area contributed by atoms with E-state index in [0.29, 0.717) is 19.7 Å². The number of rotatable bonds is 4. The van der Waals surface area contributed by atoms with Crippen LogP contribution in [-0.2, 0) is 22.3 Å². The number of nitrogen functional groups attached to an aromatic ring is 1. The normalized spacial score (nSPS) is 22.7. The quantitative estimate of drug-likeness (QED) is 0.497. The van der Waals surface area contributed by atoms with Crippen molar-refractivity contribution >= 4 is 28.6 Å². The number of nitrogens with zero attached hydrogens (tertiary/aromatic N) is 6. The van der Waals surface area contributed by atoms with Crippen LogP contribution in [-0.4, -0.2) is 74.8 Å². The molecule has 2 atom stereocenters. The van der Waals surface area contributed by atoms with Gasteiger partial charge < -0.3 is 30.6 Å². The summed E-state index contributed by atoms with van der Waals surface area (Å²) in [7, 11) is 0. The van der Waals surface area contributed by atoms with Gasteiger partial charge in [0.2, 0.25) is 5.91 Å². The standard InChI is InChI=1S/C23H26F4N8O2/c1-13-8-33(6-7-37-13)21(36)22(29)4-5-34(10-22)16-3-2-15(24)17(23(25,26)27)14(16)9-35-12-32-18-19(28)30-11-31-20(18)35/h2-3,11-13H,4-10,29H2,1H3,(H2,28,30,31)/t13-,22-/m1/s1. The first-order chi connectivity index (χ1) is 17.5. The number of hydrogen-bond acceptors (Lipinski definition) is 8. The number of benzene rings is 1. The fourth-order valence-corrected chi connectivity index (χ4v) is 5.09. The molecule has 10 nitrogen and oxygen atoms in total. The number of nitrogens with two attached hydrogens (primary N) is 2. The molecule has 3 aromatic rings. The van der Waals surface area contributed by atoms with E-state index in [9.17, 15) is 22.4 Å². The van der Waals surface area contributed by atoms with Crippen LogP contribution in [0, 0.1) is 5.82 Å². The van der Waals surface area contributed by atoms with E-state index in [4.69, 9.17) is 16.2 Å². The van der Waals surface area contributed by atoms with Gasteiger partial charge in [-0.15, -0.1) is 0 Å². The summed E-state index contributed by atoms with van der Waals surface area (Å²) in [5.74, 6) is -1.61. The molecule has 1 amide bonds. The number of morpholine rings is 1. The topological polar surface area (TPSA) is 128 Å². The second-order valence-electron chi connectivity index (χ2n) is 9.48. The first-order valence-electron chi connectivity index (χ1n) is 11.7. The summed E-state index contributed by atoms with van der Waals surface area (Å²) in [5, 5.41) is 0. The van der Waals surface area contributed by atoms with Gasteiger partial charge in [0.1, 0.15) is 23.2 Å². The smallest absolute Gasteiger partial charge is 0.382 e. The van der Waals surface area contributed by atoms with E-state index < -0.39 is 29.6 Å². The predicted octanol–water partition coefficient (Wildman–Crippen LogP) is 1.77. The molecule has 2 saturated heterocycles. The molecule has 4 N–H and O–H groups in total. The molecule has 1 aromatic carbocycles. The minimum Gasteiger partial charge on any atom is -0.382 e. The van der Waals surface area contributed by atoms with Crippen molar-refractivity contribution in [2.45, 2.75) is 37.7 Å². The van der Waals surface area contributed by atoms with Crippen LogP contribution in [0.3, 0.4) is 0 Å². The average molecular weight is 523 g/mol. The molecule has 4 heterocycles. The zero-order valence-corrected chi connectivity index (χ0v) is 20.0. The zero-order valence-electron chi connectivity index (χ0n) is 20.0. The number of carbonyl (C=O) groups excluding carboxylic acids is 1. The average Bonchev–Trinajstić information content (AvgIpc) is 3.43. The van der Waals surface area contributed by atoms with E-state index in [-0.39, 0.29) is 59.8 Å². The van der Waals surface area contributed by atoms with Gasteiger partial charge in [-0.2, -0.15) is 13.2 Å². The largest absolute Gasteiger partial charge is 0.419 e. The maximum Gasteiger partial charge on any atom is 0.419 e. The van der Waals surface area contributed by atoms with Crippen LogP contribution in [0.1, 0.15) is 24.5 Å². The van der Waals surface area contributed by atoms with Crippen molar-refractivity contribution in [2.75, 3.05) is 43.4 Å². The number of alkyl halides is 3. The van der Waals surface area contributed by atoms with Crippen LogP contribution in [0.25, 0.3) is 11.2 Å². The number of halogens is 4. The Bertz CT molecular complexity index is 1350. The van der Waals surface area contributed by atoms with E-state index in [0.717, 1.165) is 6.07 Å². The number of anilines is 2. The minimum absolute atomic E-state index is 0.0205. The van der Waals surface area contributed by atoms with Crippen molar-refractivity contribution in [3.05, 3.63) is 41.7 Å². The van der Waals surface area contributed by atoms with Crippen LogP contribution >= 0.6 is 0 Å². The number of ether oxygens (including phenoxy) is 1. The maximum absolute atomic E-state index is 14.7. The lowest BCUT2D eigenvalue weighted by Gasteiger charge is -2.36. The Kier molecular flexibility index (Phi) is 6.18. The van der Waals surface area contributed by atoms with E-state index in [2.05, 4.69) is 15.0 Å². The van der Waals surface area contributed by atoms with Crippen LogP contribution in [0.2, 0.25) is 0 Å². The van der Waals surface area contributed by atoms with Gasteiger partial charge in [0.05, 0.1) is 31.1 Å². The van der Waals surface area contributed by atoms with Gasteiger partial charge in [-0.25, -0.2) is 19.3 Å². The highest BCUT2D eigenvalue weighted by atomic mass is 19.4. The molecular formula is C23H26F4N8O2. The highest BCUT2D eigenvalue weighted by Crippen LogP contribution is 2.40. The number of amides is 1. The Balaban J connectivity index is 1.52. The van der Waals surface area contributed by atoms with Gasteiger partial charge in [-0.05, 0) is 25.5 Å². The highest BCUT2D eigenvalue weighted by Gasteiger charge is 2.46. The first kappa shape index (κ1) is 25.1. The second-order valence-corrected chi connectivity index (χ2v) is 9.48. The van der Waals surface area contributed by atoms with Gasteiger partial charge in [-0.1, -0.05) is 0 Å². The van der Waals surface area contributed by atoms with Gasteiger partial charge in [0, 0.05) is 37.4 Å². The molecule has 2 aromatic heterocycles. The molecular weight excluding hydrogens is 496 g/mol. The Morgan fingerprint density at radius 1 is 1.24 bits per heavy atom. The fraction of sp³-hybridized carbons (Fsp3) is 0.478. The molecule has 0 saturated carbocycles.